The standard InChI is InChI=1S/C54H69N9O15/c64-43(40-22-10-7-11-23-40)46(67)55-31-37-76-49(70)58-28-16-1-4-19-34-61-52(73)62(35-20-5-2-17-29-59-50(71)77-38-32-56-47(68)44(65)41-24-12-8-13-25-41)54(75)63(53(61)74)36-21-6-3-18-30-60-51(72)78-39-33-57-48(69)45(66)42-26-14-9-15-27-42/h7-15,22-27H,1-6,16-21,28-39H2,(H,55,67)(H,56,68)(H,57,69)(H,58,70)(H,59,71)(H,60,72). The van der Waals surface area contributed by atoms with Crippen molar-refractivity contribution in [1.29, 1.82) is 0 Å². The van der Waals surface area contributed by atoms with Crippen LogP contribution in [0.1, 0.15) is 108 Å². The van der Waals surface area contributed by atoms with Gasteiger partial charge in [0.1, 0.15) is 19.8 Å². The van der Waals surface area contributed by atoms with Crippen LogP contribution < -0.4 is 49.0 Å². The fourth-order valence-electron chi connectivity index (χ4n) is 7.55. The van der Waals surface area contributed by atoms with Crippen molar-refractivity contribution in [3.05, 3.63) is 139 Å². The van der Waals surface area contributed by atoms with Gasteiger partial charge in [-0.05, 0) is 38.5 Å². The van der Waals surface area contributed by atoms with Crippen molar-refractivity contribution < 1.29 is 57.4 Å². The molecule has 4 aromatic rings. The molecule has 24 heteroatoms. The Morgan fingerprint density at radius 1 is 0.308 bits per heavy atom. The normalized spacial score (nSPS) is 10.6. The summed E-state index contributed by atoms with van der Waals surface area (Å²) in [5, 5.41) is 15.1. The number of ketones is 3. The van der Waals surface area contributed by atoms with Crippen LogP contribution in [0.15, 0.2) is 105 Å². The van der Waals surface area contributed by atoms with Gasteiger partial charge in [-0.1, -0.05) is 130 Å². The number of hydrogen-bond donors (Lipinski definition) is 6. The van der Waals surface area contributed by atoms with Crippen LogP contribution in [0.2, 0.25) is 0 Å². The van der Waals surface area contributed by atoms with E-state index in [2.05, 4.69) is 31.9 Å². The van der Waals surface area contributed by atoms with Crippen molar-refractivity contribution in [1.82, 2.24) is 45.6 Å². The number of alkyl carbamates (subject to hydrolysis) is 3. The van der Waals surface area contributed by atoms with E-state index in [1.54, 1.807) is 54.6 Å². The molecule has 0 spiro atoms. The van der Waals surface area contributed by atoms with Gasteiger partial charge >= 0.3 is 35.3 Å². The van der Waals surface area contributed by atoms with Crippen LogP contribution in [0.25, 0.3) is 0 Å². The van der Waals surface area contributed by atoms with Crippen LogP contribution in [-0.4, -0.2) is 126 Å². The molecule has 78 heavy (non-hydrogen) atoms. The van der Waals surface area contributed by atoms with Crippen LogP contribution >= 0.6 is 0 Å². The quantitative estimate of drug-likeness (QED) is 0.0165. The van der Waals surface area contributed by atoms with E-state index in [1.807, 2.05) is 0 Å². The molecule has 0 bridgehead atoms. The van der Waals surface area contributed by atoms with Crippen molar-refractivity contribution in [2.75, 3.05) is 59.1 Å². The Morgan fingerprint density at radius 3 is 0.808 bits per heavy atom. The van der Waals surface area contributed by atoms with E-state index >= 15 is 0 Å². The molecule has 6 N–H and O–H groups in total. The van der Waals surface area contributed by atoms with Gasteiger partial charge in [-0.25, -0.2) is 42.5 Å². The summed E-state index contributed by atoms with van der Waals surface area (Å²) in [5.41, 5.74) is -1.45. The Hall–Kier alpha value is -8.70. The molecule has 6 amide bonds. The van der Waals surface area contributed by atoms with Gasteiger partial charge in [0.05, 0.1) is 19.6 Å². The SMILES string of the molecule is O=C(NCCCCCCn1c(=O)n(CCCCCCNC(=O)OCCNC(=O)C(=O)c2ccccc2)c(=O)n(CCCCCCNC(=O)OCCNC(=O)C(=O)c2ccccc2)c1=O)OCCNC(=O)C(=O)c1ccccc1. The Kier molecular flexibility index (Phi) is 28.2. The van der Waals surface area contributed by atoms with Crippen molar-refractivity contribution >= 4 is 53.4 Å². The maximum Gasteiger partial charge on any atom is 0.407 e. The molecule has 0 saturated carbocycles. The number of Topliss-reactive ketones (excluding diaryl/α,β-unsaturated/α-hetero) is 3. The maximum atomic E-state index is 13.7. The summed E-state index contributed by atoms with van der Waals surface area (Å²) in [6, 6.07) is 24.1. The summed E-state index contributed by atoms with van der Waals surface area (Å²) >= 11 is 0. The van der Waals surface area contributed by atoms with E-state index in [0.29, 0.717) is 77.0 Å². The van der Waals surface area contributed by atoms with E-state index in [-0.39, 0.29) is 95.4 Å². The van der Waals surface area contributed by atoms with Crippen molar-refractivity contribution in [2.45, 2.75) is 96.7 Å². The number of amides is 6. The van der Waals surface area contributed by atoms with Crippen molar-refractivity contribution in [2.24, 2.45) is 0 Å². The third-order valence-corrected chi connectivity index (χ3v) is 11.7. The van der Waals surface area contributed by atoms with Crippen LogP contribution in [0, 0.1) is 0 Å². The van der Waals surface area contributed by atoms with E-state index in [1.165, 1.54) is 36.4 Å². The molecule has 0 unspecified atom stereocenters. The lowest BCUT2D eigenvalue weighted by Crippen LogP contribution is -2.54. The van der Waals surface area contributed by atoms with E-state index in [9.17, 15) is 57.5 Å². The first-order valence-corrected chi connectivity index (χ1v) is 26.1. The molecule has 0 saturated heterocycles. The van der Waals surface area contributed by atoms with Gasteiger partial charge in [-0.3, -0.25) is 28.8 Å². The zero-order valence-corrected chi connectivity index (χ0v) is 43.6. The van der Waals surface area contributed by atoms with Crippen LogP contribution in [0.5, 0.6) is 0 Å². The monoisotopic (exact) mass is 1080 g/mol. The summed E-state index contributed by atoms with van der Waals surface area (Å²) in [6.45, 7) is 0.342. The number of rotatable bonds is 36. The summed E-state index contributed by atoms with van der Waals surface area (Å²) in [6.07, 6.45) is 4.50. The Labute approximate surface area is 450 Å². The van der Waals surface area contributed by atoms with Gasteiger partial charge in [-0.15, -0.1) is 0 Å². The van der Waals surface area contributed by atoms with E-state index in [4.69, 9.17) is 14.2 Å². The van der Waals surface area contributed by atoms with Gasteiger partial charge in [0.2, 0.25) is 17.3 Å². The van der Waals surface area contributed by atoms with Gasteiger partial charge in [0, 0.05) is 56.0 Å². The number of benzene rings is 3. The molecule has 0 aliphatic carbocycles. The third kappa shape index (κ3) is 22.6. The Balaban J connectivity index is 1.17. The second kappa shape index (κ2) is 35.5. The number of carbonyl (C=O) groups excluding carboxylic acids is 9. The average molecular weight is 1080 g/mol. The minimum atomic E-state index is -0.816. The highest BCUT2D eigenvalue weighted by Crippen LogP contribution is 2.05. The van der Waals surface area contributed by atoms with Gasteiger partial charge in [0.25, 0.3) is 17.7 Å². The smallest absolute Gasteiger partial charge is 0.407 e. The highest BCUT2D eigenvalue weighted by molar-refractivity contribution is 6.43. The summed E-state index contributed by atoms with van der Waals surface area (Å²) < 4.78 is 18.4. The second-order valence-electron chi connectivity index (χ2n) is 17.6. The largest absolute Gasteiger partial charge is 0.448 e. The first-order valence-electron chi connectivity index (χ1n) is 26.1. The average Bonchev–Trinajstić information content (AvgIpc) is 3.48. The lowest BCUT2D eigenvalue weighted by atomic mass is 10.1. The fraction of sp³-hybridized carbons (Fsp3) is 0.444. The number of aromatic nitrogens is 3. The highest BCUT2D eigenvalue weighted by atomic mass is 16.6. The first-order chi connectivity index (χ1) is 37.8. The van der Waals surface area contributed by atoms with Crippen LogP contribution in [0.3, 0.4) is 0 Å². The molecule has 1 aromatic heterocycles. The third-order valence-electron chi connectivity index (χ3n) is 11.7. The summed E-state index contributed by atoms with van der Waals surface area (Å²) in [4.78, 5) is 150. The second-order valence-corrected chi connectivity index (χ2v) is 17.6. The maximum absolute atomic E-state index is 13.7. The molecule has 0 atom stereocenters. The molecule has 0 fully saturated rings. The lowest BCUT2D eigenvalue weighted by Gasteiger charge is -2.14. The summed E-state index contributed by atoms with van der Waals surface area (Å²) in [5.74, 6) is -4.56. The van der Waals surface area contributed by atoms with Crippen LogP contribution in [-0.2, 0) is 48.2 Å². The minimum absolute atomic E-state index is 0.0474. The minimum Gasteiger partial charge on any atom is -0.448 e. The molecule has 0 aliphatic rings. The topological polar surface area (TPSA) is 319 Å². The Morgan fingerprint density at radius 2 is 0.551 bits per heavy atom. The molecule has 1 heterocycles. The van der Waals surface area contributed by atoms with Crippen molar-refractivity contribution in [3.63, 3.8) is 0 Å². The van der Waals surface area contributed by atoms with E-state index < -0.39 is 70.4 Å². The molecule has 24 nitrogen and oxygen atoms in total. The number of ether oxygens (including phenoxy) is 3. The number of carbonyl (C=O) groups is 9. The predicted molar refractivity (Wildman–Crippen MR) is 284 cm³/mol. The Bertz CT molecular complexity index is 2450. The molecule has 3 aromatic carbocycles. The summed E-state index contributed by atoms with van der Waals surface area (Å²) in [7, 11) is 0. The molecular weight excluding hydrogens is 1010 g/mol. The van der Waals surface area contributed by atoms with Gasteiger partial charge in [-0.2, -0.15) is 0 Å². The van der Waals surface area contributed by atoms with Crippen molar-refractivity contribution in [3.8, 4) is 0 Å². The first kappa shape index (κ1) is 61.8. The van der Waals surface area contributed by atoms with E-state index in [0.717, 1.165) is 13.7 Å². The number of nitrogens with zero attached hydrogens (tertiary/aromatic N) is 3. The zero-order valence-electron chi connectivity index (χ0n) is 43.6. The number of unbranched alkanes of at least 4 members (excludes halogenated alkanes) is 9. The highest BCUT2D eigenvalue weighted by Gasteiger charge is 2.19. The van der Waals surface area contributed by atoms with Gasteiger partial charge < -0.3 is 46.1 Å². The predicted octanol–water partition coefficient (Wildman–Crippen LogP) is 3.03. The number of hydrogen-bond acceptors (Lipinski definition) is 15. The molecule has 0 aliphatic heterocycles. The van der Waals surface area contributed by atoms with Crippen LogP contribution in [0.4, 0.5) is 14.4 Å². The number of nitrogens with one attached hydrogen (secondary N) is 6. The van der Waals surface area contributed by atoms with Gasteiger partial charge in [0.15, 0.2) is 0 Å². The zero-order chi connectivity index (χ0) is 56.3. The lowest BCUT2D eigenvalue weighted by molar-refractivity contribution is -0.117. The molecular formula is C54H69N9O15. The molecule has 0 radical (unpaired) electrons. The molecule has 420 valence electrons. The fourth-order valence-corrected chi connectivity index (χ4v) is 7.55. The molecule has 4 rings (SSSR count).